The SMILES string of the molecule is CNCCCN(C)C(=O)c1sc(NC)nc1N. The van der Waals surface area contributed by atoms with Gasteiger partial charge in [-0.25, -0.2) is 4.98 Å². The Kier molecular flexibility index (Phi) is 5.17. The molecule has 0 spiro atoms. The first-order valence-electron chi connectivity index (χ1n) is 5.44. The number of hydrogen-bond donors (Lipinski definition) is 3. The third-order valence-corrected chi connectivity index (χ3v) is 3.41. The lowest BCUT2D eigenvalue weighted by molar-refractivity contribution is 0.0799. The maximum absolute atomic E-state index is 12.1. The first kappa shape index (κ1) is 13.7. The minimum Gasteiger partial charge on any atom is -0.382 e. The minimum atomic E-state index is -0.0717. The summed E-state index contributed by atoms with van der Waals surface area (Å²) in [6.45, 7) is 1.59. The van der Waals surface area contributed by atoms with E-state index in [2.05, 4.69) is 15.6 Å². The zero-order valence-electron chi connectivity index (χ0n) is 10.4. The molecule has 0 aliphatic rings. The second kappa shape index (κ2) is 6.41. The molecular formula is C10H19N5OS. The van der Waals surface area contributed by atoms with Gasteiger partial charge in [0.25, 0.3) is 5.91 Å². The Balaban J connectivity index is 2.64. The number of rotatable bonds is 6. The van der Waals surface area contributed by atoms with Crippen molar-refractivity contribution in [3.63, 3.8) is 0 Å². The number of carbonyl (C=O) groups is 1. The third-order valence-electron chi connectivity index (χ3n) is 2.33. The van der Waals surface area contributed by atoms with Crippen LogP contribution in [0.25, 0.3) is 0 Å². The summed E-state index contributed by atoms with van der Waals surface area (Å²) in [6.07, 6.45) is 0.913. The van der Waals surface area contributed by atoms with Crippen molar-refractivity contribution in [2.45, 2.75) is 6.42 Å². The quantitative estimate of drug-likeness (QED) is 0.644. The van der Waals surface area contributed by atoms with E-state index >= 15 is 0 Å². The van der Waals surface area contributed by atoms with Crippen LogP contribution in [0.5, 0.6) is 0 Å². The molecule has 96 valence electrons. The van der Waals surface area contributed by atoms with Gasteiger partial charge < -0.3 is 21.3 Å². The maximum atomic E-state index is 12.1. The number of nitrogens with zero attached hydrogens (tertiary/aromatic N) is 2. The number of aromatic nitrogens is 1. The number of nitrogens with one attached hydrogen (secondary N) is 2. The van der Waals surface area contributed by atoms with E-state index in [0.717, 1.165) is 13.0 Å². The van der Waals surface area contributed by atoms with Crippen LogP contribution in [0.15, 0.2) is 0 Å². The van der Waals surface area contributed by atoms with Crippen LogP contribution in [0, 0.1) is 0 Å². The molecule has 0 radical (unpaired) electrons. The van der Waals surface area contributed by atoms with Crippen LogP contribution in [0.2, 0.25) is 0 Å². The van der Waals surface area contributed by atoms with Crippen LogP contribution in [-0.4, -0.2) is 50.0 Å². The average Bonchev–Trinajstić information content (AvgIpc) is 2.69. The van der Waals surface area contributed by atoms with Crippen LogP contribution in [0.3, 0.4) is 0 Å². The van der Waals surface area contributed by atoms with Gasteiger partial charge in [0.05, 0.1) is 0 Å². The second-order valence-electron chi connectivity index (χ2n) is 3.67. The van der Waals surface area contributed by atoms with Crippen molar-refractivity contribution < 1.29 is 4.79 Å². The van der Waals surface area contributed by atoms with E-state index in [4.69, 9.17) is 5.73 Å². The van der Waals surface area contributed by atoms with Crippen LogP contribution in [0.1, 0.15) is 16.1 Å². The molecule has 0 fully saturated rings. The molecule has 1 aromatic rings. The van der Waals surface area contributed by atoms with E-state index in [0.29, 0.717) is 22.4 Å². The second-order valence-corrected chi connectivity index (χ2v) is 4.67. The van der Waals surface area contributed by atoms with E-state index in [9.17, 15) is 4.79 Å². The van der Waals surface area contributed by atoms with E-state index in [1.54, 1.807) is 19.0 Å². The van der Waals surface area contributed by atoms with Crippen LogP contribution < -0.4 is 16.4 Å². The summed E-state index contributed by atoms with van der Waals surface area (Å²) >= 11 is 1.28. The Morgan fingerprint density at radius 3 is 2.76 bits per heavy atom. The molecule has 0 unspecified atom stereocenters. The molecule has 0 aliphatic heterocycles. The largest absolute Gasteiger partial charge is 0.382 e. The molecule has 1 aromatic heterocycles. The fourth-order valence-corrected chi connectivity index (χ4v) is 2.19. The first-order chi connectivity index (χ1) is 8.10. The normalized spacial score (nSPS) is 10.3. The smallest absolute Gasteiger partial charge is 0.267 e. The van der Waals surface area contributed by atoms with E-state index in [1.165, 1.54) is 11.3 Å². The van der Waals surface area contributed by atoms with Gasteiger partial charge in [0, 0.05) is 20.6 Å². The molecule has 0 bridgehead atoms. The van der Waals surface area contributed by atoms with Gasteiger partial charge in [-0.15, -0.1) is 0 Å². The van der Waals surface area contributed by atoms with E-state index < -0.39 is 0 Å². The highest BCUT2D eigenvalue weighted by atomic mass is 32.1. The molecular weight excluding hydrogens is 238 g/mol. The van der Waals surface area contributed by atoms with E-state index in [1.807, 2.05) is 7.05 Å². The number of nitrogens with two attached hydrogens (primary N) is 1. The molecule has 0 aromatic carbocycles. The molecule has 0 saturated carbocycles. The van der Waals surface area contributed by atoms with Crippen molar-refractivity contribution in [1.29, 1.82) is 0 Å². The molecule has 0 atom stereocenters. The molecule has 4 N–H and O–H groups in total. The lowest BCUT2D eigenvalue weighted by Crippen LogP contribution is -2.29. The predicted molar refractivity (Wildman–Crippen MR) is 71.6 cm³/mol. The molecule has 17 heavy (non-hydrogen) atoms. The first-order valence-corrected chi connectivity index (χ1v) is 6.26. The zero-order chi connectivity index (χ0) is 12.8. The van der Waals surface area contributed by atoms with Crippen LogP contribution in [0.4, 0.5) is 10.9 Å². The third kappa shape index (κ3) is 3.57. The fraction of sp³-hybridized carbons (Fsp3) is 0.600. The standard InChI is InChI=1S/C10H19N5OS/c1-12-5-4-6-15(3)9(16)7-8(11)14-10(13-2)17-7/h12H,4-6,11H2,1-3H3,(H,13,14). The molecule has 0 aliphatic carbocycles. The molecule has 6 nitrogen and oxygen atoms in total. The lowest BCUT2D eigenvalue weighted by atomic mass is 10.3. The van der Waals surface area contributed by atoms with E-state index in [-0.39, 0.29) is 5.91 Å². The lowest BCUT2D eigenvalue weighted by Gasteiger charge is -2.15. The summed E-state index contributed by atoms with van der Waals surface area (Å²) in [6, 6.07) is 0. The number of thiazole rings is 1. The number of amides is 1. The zero-order valence-corrected chi connectivity index (χ0v) is 11.2. The summed E-state index contributed by atoms with van der Waals surface area (Å²) in [7, 11) is 5.42. The Labute approximate surface area is 105 Å². The van der Waals surface area contributed by atoms with Crippen molar-refractivity contribution in [2.24, 2.45) is 0 Å². The van der Waals surface area contributed by atoms with Gasteiger partial charge in [0.1, 0.15) is 10.7 Å². The number of anilines is 2. The monoisotopic (exact) mass is 257 g/mol. The Morgan fingerprint density at radius 1 is 1.53 bits per heavy atom. The number of carbonyl (C=O) groups excluding carboxylic acids is 1. The number of nitrogen functional groups attached to an aromatic ring is 1. The predicted octanol–water partition coefficient (Wildman–Crippen LogP) is 0.449. The van der Waals surface area contributed by atoms with Gasteiger partial charge in [0.15, 0.2) is 5.13 Å². The Hall–Kier alpha value is -1.34. The topological polar surface area (TPSA) is 83.3 Å². The fourth-order valence-electron chi connectivity index (χ4n) is 1.36. The van der Waals surface area contributed by atoms with Crippen molar-refractivity contribution >= 4 is 28.2 Å². The summed E-state index contributed by atoms with van der Waals surface area (Å²) in [5.74, 6) is 0.224. The van der Waals surface area contributed by atoms with Crippen molar-refractivity contribution in [3.8, 4) is 0 Å². The van der Waals surface area contributed by atoms with Gasteiger partial charge in [-0.3, -0.25) is 4.79 Å². The highest BCUT2D eigenvalue weighted by Crippen LogP contribution is 2.25. The molecule has 1 heterocycles. The summed E-state index contributed by atoms with van der Waals surface area (Å²) in [5, 5.41) is 6.59. The van der Waals surface area contributed by atoms with Crippen molar-refractivity contribution in [3.05, 3.63) is 4.88 Å². The van der Waals surface area contributed by atoms with Gasteiger partial charge in [-0.1, -0.05) is 11.3 Å². The van der Waals surface area contributed by atoms with Gasteiger partial charge in [0.2, 0.25) is 0 Å². The summed E-state index contributed by atoms with van der Waals surface area (Å²) in [5.41, 5.74) is 5.71. The Bertz CT molecular complexity index is 379. The van der Waals surface area contributed by atoms with Crippen LogP contribution in [-0.2, 0) is 0 Å². The van der Waals surface area contributed by atoms with Crippen molar-refractivity contribution in [2.75, 3.05) is 45.3 Å². The average molecular weight is 257 g/mol. The van der Waals surface area contributed by atoms with Gasteiger partial charge in [-0.05, 0) is 20.0 Å². The van der Waals surface area contributed by atoms with Gasteiger partial charge >= 0.3 is 0 Å². The van der Waals surface area contributed by atoms with Crippen molar-refractivity contribution in [1.82, 2.24) is 15.2 Å². The Morgan fingerprint density at radius 2 is 2.24 bits per heavy atom. The van der Waals surface area contributed by atoms with Gasteiger partial charge in [-0.2, -0.15) is 0 Å². The highest BCUT2D eigenvalue weighted by Gasteiger charge is 2.18. The molecule has 0 saturated heterocycles. The maximum Gasteiger partial charge on any atom is 0.267 e. The van der Waals surface area contributed by atoms with Crippen LogP contribution >= 0.6 is 11.3 Å². The summed E-state index contributed by atoms with van der Waals surface area (Å²) < 4.78 is 0. The number of hydrogen-bond acceptors (Lipinski definition) is 6. The summed E-state index contributed by atoms with van der Waals surface area (Å²) in [4.78, 5) is 18.3. The molecule has 1 rings (SSSR count). The highest BCUT2D eigenvalue weighted by molar-refractivity contribution is 7.18. The molecule has 1 amide bonds. The molecule has 7 heteroatoms. The minimum absolute atomic E-state index is 0.0717.